The van der Waals surface area contributed by atoms with Crippen LogP contribution in [0, 0.1) is 0 Å². The summed E-state index contributed by atoms with van der Waals surface area (Å²) in [5, 5.41) is 3.45. The van der Waals surface area contributed by atoms with Crippen LogP contribution in [-0.2, 0) is 14.9 Å². The minimum Gasteiger partial charge on any atom is -0.374 e. The fourth-order valence-corrected chi connectivity index (χ4v) is 7.29. The number of hydrogen-bond donors (Lipinski definition) is 1. The number of anilines is 6. The Morgan fingerprint density at radius 1 is 0.932 bits per heavy atom. The van der Waals surface area contributed by atoms with Crippen LogP contribution >= 0.6 is 0 Å². The first-order valence-electron chi connectivity index (χ1n) is 15.9. The van der Waals surface area contributed by atoms with E-state index in [1.54, 1.807) is 0 Å². The molecule has 10 nitrogen and oxygen atoms in total. The predicted octanol–water partition coefficient (Wildman–Crippen LogP) is 5.25. The summed E-state index contributed by atoms with van der Waals surface area (Å²) < 4.78 is 6.38. The van der Waals surface area contributed by atoms with E-state index < -0.39 is 0 Å². The number of fused-ring (bicyclic) bond motifs is 3. The van der Waals surface area contributed by atoms with E-state index in [0.29, 0.717) is 24.8 Å². The van der Waals surface area contributed by atoms with Crippen molar-refractivity contribution in [3.05, 3.63) is 54.2 Å². The summed E-state index contributed by atoms with van der Waals surface area (Å²) in [6.45, 7) is 15.5. The van der Waals surface area contributed by atoms with Gasteiger partial charge in [-0.2, -0.15) is 4.98 Å². The molecule has 44 heavy (non-hydrogen) atoms. The van der Waals surface area contributed by atoms with Gasteiger partial charge in [0.25, 0.3) is 0 Å². The first-order valence-corrected chi connectivity index (χ1v) is 15.9. The highest BCUT2D eigenvalue weighted by Crippen LogP contribution is 2.53. The SMILES string of the molecule is CN1CCN(c2ccc(Nc3ncc4c(n3)N(c3cccc(N5C(=O)CCC5(C)C)n3)[C@@H]3CC(C)(C)OC[C@]43C)cc2)CC1. The number of nitrogens with zero attached hydrogens (tertiary/aromatic N) is 7. The summed E-state index contributed by atoms with van der Waals surface area (Å²) in [6, 6.07) is 14.6. The molecular weight excluding hydrogens is 552 g/mol. The number of ether oxygens (including phenoxy) is 1. The molecular formula is C34H44N8O2. The van der Waals surface area contributed by atoms with Gasteiger partial charge >= 0.3 is 0 Å². The summed E-state index contributed by atoms with van der Waals surface area (Å²) in [6.07, 6.45) is 4.11. The van der Waals surface area contributed by atoms with Gasteiger partial charge in [-0.25, -0.2) is 9.97 Å². The van der Waals surface area contributed by atoms with Crippen molar-refractivity contribution in [1.82, 2.24) is 19.9 Å². The van der Waals surface area contributed by atoms with Gasteiger partial charge < -0.3 is 24.8 Å². The third-order valence-corrected chi connectivity index (χ3v) is 10.1. The Balaban J connectivity index is 1.23. The molecule has 1 aromatic carbocycles. The molecule has 0 bridgehead atoms. The number of amides is 1. The Morgan fingerprint density at radius 2 is 1.66 bits per heavy atom. The zero-order valence-corrected chi connectivity index (χ0v) is 26.8. The molecule has 1 amide bonds. The van der Waals surface area contributed by atoms with E-state index >= 15 is 0 Å². The number of pyridine rings is 1. The van der Waals surface area contributed by atoms with E-state index in [-0.39, 0.29) is 28.5 Å². The molecule has 4 aliphatic heterocycles. The van der Waals surface area contributed by atoms with Crippen LogP contribution in [0.4, 0.5) is 34.8 Å². The minimum absolute atomic E-state index is 0.0683. The molecule has 0 spiro atoms. The summed E-state index contributed by atoms with van der Waals surface area (Å²) in [4.78, 5) is 36.9. The van der Waals surface area contributed by atoms with E-state index in [9.17, 15) is 4.79 Å². The van der Waals surface area contributed by atoms with Gasteiger partial charge in [0.2, 0.25) is 11.9 Å². The molecule has 1 N–H and O–H groups in total. The molecule has 2 atom stereocenters. The Hall–Kier alpha value is -3.76. The molecule has 232 valence electrons. The van der Waals surface area contributed by atoms with Gasteiger partial charge in [0.05, 0.1) is 18.2 Å². The fraction of sp³-hybridized carbons (Fsp3) is 0.529. The maximum Gasteiger partial charge on any atom is 0.229 e. The van der Waals surface area contributed by atoms with Gasteiger partial charge in [-0.05, 0) is 84.0 Å². The Morgan fingerprint density at radius 3 is 2.36 bits per heavy atom. The highest BCUT2D eigenvalue weighted by atomic mass is 16.5. The van der Waals surface area contributed by atoms with Crippen molar-refractivity contribution in [3.63, 3.8) is 0 Å². The lowest BCUT2D eigenvalue weighted by molar-refractivity contribution is -0.117. The van der Waals surface area contributed by atoms with E-state index in [2.05, 4.69) is 85.9 Å². The Labute approximate surface area is 260 Å². The molecule has 3 saturated heterocycles. The maximum atomic E-state index is 13.0. The van der Waals surface area contributed by atoms with Crippen molar-refractivity contribution in [2.45, 2.75) is 76.5 Å². The van der Waals surface area contributed by atoms with Crippen molar-refractivity contribution in [1.29, 1.82) is 0 Å². The zero-order valence-electron chi connectivity index (χ0n) is 26.8. The number of benzene rings is 1. The van der Waals surface area contributed by atoms with Crippen LogP contribution in [0.3, 0.4) is 0 Å². The van der Waals surface area contributed by atoms with Gasteiger partial charge in [0, 0.05) is 66.7 Å². The van der Waals surface area contributed by atoms with Crippen LogP contribution < -0.4 is 20.0 Å². The van der Waals surface area contributed by atoms with Gasteiger partial charge in [0.15, 0.2) is 0 Å². The van der Waals surface area contributed by atoms with E-state index in [1.807, 2.05) is 29.3 Å². The average molecular weight is 597 g/mol. The van der Waals surface area contributed by atoms with Crippen LogP contribution in [0.15, 0.2) is 48.7 Å². The van der Waals surface area contributed by atoms with Crippen molar-refractivity contribution in [2.75, 3.05) is 59.9 Å². The van der Waals surface area contributed by atoms with Gasteiger partial charge in [-0.15, -0.1) is 0 Å². The highest BCUT2D eigenvalue weighted by Gasteiger charge is 2.55. The first-order chi connectivity index (χ1) is 20.9. The number of aromatic nitrogens is 3. The van der Waals surface area contributed by atoms with Gasteiger partial charge in [-0.1, -0.05) is 13.0 Å². The number of piperazine rings is 1. The number of likely N-dealkylation sites (N-methyl/N-ethyl adjacent to an activating group) is 1. The molecule has 3 fully saturated rings. The number of hydrogen-bond acceptors (Lipinski definition) is 9. The van der Waals surface area contributed by atoms with Crippen LogP contribution in [0.1, 0.15) is 59.4 Å². The second-order valence-corrected chi connectivity index (χ2v) is 14.3. The second kappa shape index (κ2) is 10.4. The Kier molecular flexibility index (Phi) is 6.86. The van der Waals surface area contributed by atoms with Crippen LogP contribution in [-0.4, -0.2) is 82.8 Å². The minimum atomic E-state index is -0.312. The first kappa shape index (κ1) is 29.0. The molecule has 6 heterocycles. The summed E-state index contributed by atoms with van der Waals surface area (Å²) in [5.74, 6) is 2.96. The van der Waals surface area contributed by atoms with Crippen LogP contribution in [0.2, 0.25) is 0 Å². The molecule has 10 heteroatoms. The molecule has 0 radical (unpaired) electrons. The van der Waals surface area contributed by atoms with Crippen LogP contribution in [0.25, 0.3) is 0 Å². The third kappa shape index (κ3) is 4.98. The van der Waals surface area contributed by atoms with E-state index in [1.165, 1.54) is 5.69 Å². The smallest absolute Gasteiger partial charge is 0.229 e. The zero-order chi connectivity index (χ0) is 30.9. The molecule has 3 aromatic rings. The normalized spacial score (nSPS) is 26.1. The number of carbonyl (C=O) groups is 1. The van der Waals surface area contributed by atoms with Gasteiger partial charge in [0.1, 0.15) is 17.5 Å². The fourth-order valence-electron chi connectivity index (χ4n) is 7.29. The topological polar surface area (TPSA) is 90.0 Å². The van der Waals surface area contributed by atoms with Crippen molar-refractivity contribution in [2.24, 2.45) is 0 Å². The van der Waals surface area contributed by atoms with Crippen molar-refractivity contribution < 1.29 is 9.53 Å². The number of rotatable bonds is 5. The molecule has 0 unspecified atom stereocenters. The summed E-state index contributed by atoms with van der Waals surface area (Å²) in [5.41, 5.74) is 2.34. The molecule has 4 aliphatic rings. The Bertz CT molecular complexity index is 1570. The van der Waals surface area contributed by atoms with Crippen LogP contribution in [0.5, 0.6) is 0 Å². The average Bonchev–Trinajstić information content (AvgIpc) is 3.41. The summed E-state index contributed by atoms with van der Waals surface area (Å²) >= 11 is 0. The number of carbonyl (C=O) groups excluding carboxylic acids is 1. The monoisotopic (exact) mass is 596 g/mol. The van der Waals surface area contributed by atoms with E-state index in [0.717, 1.165) is 61.9 Å². The standard InChI is InChI=1S/C34H44N8O2/c1-32(2)15-14-29(43)42(32)28-9-7-8-27(37-28)41-26-20-33(3,4)44-22-34(26,5)25-21-35-31(38-30(25)41)36-23-10-12-24(13-11-23)40-18-16-39(6)17-19-40/h7-13,21,26H,14-20,22H2,1-6H3,(H,35,36,38)/t26-,34-/m1/s1. The second-order valence-electron chi connectivity index (χ2n) is 14.3. The lowest BCUT2D eigenvalue weighted by Crippen LogP contribution is -2.54. The third-order valence-electron chi connectivity index (χ3n) is 10.1. The summed E-state index contributed by atoms with van der Waals surface area (Å²) in [7, 11) is 2.17. The largest absolute Gasteiger partial charge is 0.374 e. The lowest BCUT2D eigenvalue weighted by Gasteiger charge is -2.46. The lowest BCUT2D eigenvalue weighted by atomic mass is 9.73. The molecule has 2 aromatic heterocycles. The van der Waals surface area contributed by atoms with Crippen molar-refractivity contribution >= 4 is 40.7 Å². The predicted molar refractivity (Wildman–Crippen MR) is 174 cm³/mol. The molecule has 7 rings (SSSR count). The van der Waals surface area contributed by atoms with Crippen molar-refractivity contribution in [3.8, 4) is 0 Å². The van der Waals surface area contributed by atoms with E-state index in [4.69, 9.17) is 19.7 Å². The molecule has 0 aliphatic carbocycles. The maximum absolute atomic E-state index is 13.0. The number of nitrogens with one attached hydrogen (secondary N) is 1. The molecule has 0 saturated carbocycles. The van der Waals surface area contributed by atoms with Gasteiger partial charge in [-0.3, -0.25) is 9.69 Å². The highest BCUT2D eigenvalue weighted by molar-refractivity contribution is 5.96. The quantitative estimate of drug-likeness (QED) is 0.424.